The van der Waals surface area contributed by atoms with E-state index in [9.17, 15) is 23.2 Å². The van der Waals surface area contributed by atoms with E-state index in [0.717, 1.165) is 17.0 Å². The fourth-order valence-electron chi connectivity index (χ4n) is 2.60. The molecule has 2 atom stereocenters. The Labute approximate surface area is 137 Å². The SMILES string of the molecule is CC(C)[C@@H](NC(=O)C1CC(=O)N(c2ccc(F)cc2F)C1)C(=O)O. The van der Waals surface area contributed by atoms with E-state index in [4.69, 9.17) is 5.11 Å². The summed E-state index contributed by atoms with van der Waals surface area (Å²) in [6, 6.07) is 1.76. The number of halogens is 2. The summed E-state index contributed by atoms with van der Waals surface area (Å²) in [6.45, 7) is 3.22. The zero-order valence-corrected chi connectivity index (χ0v) is 13.3. The van der Waals surface area contributed by atoms with E-state index in [1.54, 1.807) is 13.8 Å². The van der Waals surface area contributed by atoms with Crippen molar-refractivity contribution in [2.45, 2.75) is 26.3 Å². The number of amides is 2. The molecule has 0 aliphatic carbocycles. The molecule has 2 amide bonds. The summed E-state index contributed by atoms with van der Waals surface area (Å²) in [7, 11) is 0. The first kappa shape index (κ1) is 17.8. The van der Waals surface area contributed by atoms with E-state index in [1.807, 2.05) is 0 Å². The first-order chi connectivity index (χ1) is 11.2. The smallest absolute Gasteiger partial charge is 0.326 e. The first-order valence-electron chi connectivity index (χ1n) is 7.49. The second kappa shape index (κ2) is 6.94. The Morgan fingerprint density at radius 2 is 2.00 bits per heavy atom. The van der Waals surface area contributed by atoms with E-state index in [1.165, 1.54) is 0 Å². The van der Waals surface area contributed by atoms with Crippen LogP contribution in [-0.4, -0.2) is 35.5 Å². The minimum atomic E-state index is -1.16. The van der Waals surface area contributed by atoms with Crippen LogP contribution in [0.3, 0.4) is 0 Å². The van der Waals surface area contributed by atoms with Crippen molar-refractivity contribution in [2.75, 3.05) is 11.4 Å². The molecule has 130 valence electrons. The summed E-state index contributed by atoms with van der Waals surface area (Å²) in [6.07, 6.45) is -0.160. The molecule has 1 heterocycles. The second-order valence-corrected chi connectivity index (χ2v) is 6.07. The highest BCUT2D eigenvalue weighted by Crippen LogP contribution is 2.28. The molecule has 1 unspecified atom stereocenters. The van der Waals surface area contributed by atoms with Crippen LogP contribution in [0.4, 0.5) is 14.5 Å². The number of rotatable bonds is 5. The highest BCUT2D eigenvalue weighted by Gasteiger charge is 2.37. The Morgan fingerprint density at radius 3 is 2.54 bits per heavy atom. The molecular weight excluding hydrogens is 322 g/mol. The number of carboxylic acid groups (broad SMARTS) is 1. The molecular formula is C16H18F2N2O4. The van der Waals surface area contributed by atoms with Gasteiger partial charge in [-0.2, -0.15) is 0 Å². The van der Waals surface area contributed by atoms with E-state index >= 15 is 0 Å². The number of aliphatic carboxylic acids is 1. The molecule has 2 N–H and O–H groups in total. The van der Waals surface area contributed by atoms with E-state index in [-0.39, 0.29) is 24.6 Å². The molecule has 0 spiro atoms. The van der Waals surface area contributed by atoms with Gasteiger partial charge in [0.05, 0.1) is 11.6 Å². The lowest BCUT2D eigenvalue weighted by molar-refractivity contribution is -0.143. The Kier molecular flexibility index (Phi) is 5.16. The van der Waals surface area contributed by atoms with Crippen LogP contribution in [0.2, 0.25) is 0 Å². The van der Waals surface area contributed by atoms with Gasteiger partial charge < -0.3 is 15.3 Å². The van der Waals surface area contributed by atoms with Gasteiger partial charge in [0.1, 0.15) is 17.7 Å². The predicted octanol–water partition coefficient (Wildman–Crippen LogP) is 1.54. The molecule has 1 aromatic rings. The van der Waals surface area contributed by atoms with Crippen molar-refractivity contribution >= 4 is 23.5 Å². The number of carboxylic acids is 1. The Bertz CT molecular complexity index is 678. The molecule has 24 heavy (non-hydrogen) atoms. The van der Waals surface area contributed by atoms with Crippen LogP contribution in [-0.2, 0) is 14.4 Å². The molecule has 1 fully saturated rings. The van der Waals surface area contributed by atoms with Gasteiger partial charge >= 0.3 is 5.97 Å². The third kappa shape index (κ3) is 3.69. The van der Waals surface area contributed by atoms with Crippen LogP contribution in [0, 0.1) is 23.5 Å². The number of hydrogen-bond donors (Lipinski definition) is 2. The summed E-state index contributed by atoms with van der Waals surface area (Å²) >= 11 is 0. The molecule has 1 aromatic carbocycles. The Balaban J connectivity index is 2.11. The van der Waals surface area contributed by atoms with Gasteiger partial charge in [-0.25, -0.2) is 13.6 Å². The van der Waals surface area contributed by atoms with Gasteiger partial charge in [-0.1, -0.05) is 13.8 Å². The molecule has 1 aliphatic heterocycles. The van der Waals surface area contributed by atoms with Crippen molar-refractivity contribution in [1.82, 2.24) is 5.32 Å². The lowest BCUT2D eigenvalue weighted by Gasteiger charge is -2.21. The third-order valence-electron chi connectivity index (χ3n) is 3.93. The number of hydrogen-bond acceptors (Lipinski definition) is 3. The fourth-order valence-corrected chi connectivity index (χ4v) is 2.60. The van der Waals surface area contributed by atoms with E-state index < -0.39 is 41.4 Å². The number of carbonyl (C=O) groups excluding carboxylic acids is 2. The molecule has 0 saturated carbocycles. The molecule has 0 radical (unpaired) electrons. The number of anilines is 1. The van der Waals surface area contributed by atoms with Crippen LogP contribution in [0.15, 0.2) is 18.2 Å². The van der Waals surface area contributed by atoms with E-state index in [0.29, 0.717) is 6.07 Å². The normalized spacial score (nSPS) is 18.8. The van der Waals surface area contributed by atoms with Crippen LogP contribution >= 0.6 is 0 Å². The molecule has 2 rings (SSSR count). The predicted molar refractivity (Wildman–Crippen MR) is 81.2 cm³/mol. The van der Waals surface area contributed by atoms with Crippen LogP contribution in [0.1, 0.15) is 20.3 Å². The monoisotopic (exact) mass is 340 g/mol. The van der Waals surface area contributed by atoms with Gasteiger partial charge in [0, 0.05) is 19.0 Å². The molecule has 0 bridgehead atoms. The van der Waals surface area contributed by atoms with Crippen molar-refractivity contribution in [3.05, 3.63) is 29.8 Å². The number of nitrogens with zero attached hydrogens (tertiary/aromatic N) is 1. The van der Waals surface area contributed by atoms with Crippen molar-refractivity contribution in [2.24, 2.45) is 11.8 Å². The fraction of sp³-hybridized carbons (Fsp3) is 0.438. The highest BCUT2D eigenvalue weighted by atomic mass is 19.1. The topological polar surface area (TPSA) is 86.7 Å². The Hall–Kier alpha value is -2.51. The van der Waals surface area contributed by atoms with Crippen molar-refractivity contribution in [1.29, 1.82) is 0 Å². The Morgan fingerprint density at radius 1 is 1.33 bits per heavy atom. The average molecular weight is 340 g/mol. The molecule has 0 aromatic heterocycles. The van der Waals surface area contributed by atoms with Gasteiger partial charge in [-0.05, 0) is 18.1 Å². The quantitative estimate of drug-likeness (QED) is 0.851. The molecule has 6 nitrogen and oxygen atoms in total. The maximum absolute atomic E-state index is 13.8. The molecule has 8 heteroatoms. The minimum absolute atomic E-state index is 0.0857. The largest absolute Gasteiger partial charge is 0.480 e. The number of nitrogens with one attached hydrogen (secondary N) is 1. The van der Waals surface area contributed by atoms with Gasteiger partial charge in [-0.15, -0.1) is 0 Å². The molecule has 1 saturated heterocycles. The van der Waals surface area contributed by atoms with Crippen LogP contribution in [0.5, 0.6) is 0 Å². The molecule has 1 aliphatic rings. The summed E-state index contributed by atoms with van der Waals surface area (Å²) in [5.41, 5.74) is -0.102. The lowest BCUT2D eigenvalue weighted by atomic mass is 10.0. The van der Waals surface area contributed by atoms with Crippen molar-refractivity contribution in [3.63, 3.8) is 0 Å². The summed E-state index contributed by atoms with van der Waals surface area (Å²) < 4.78 is 26.8. The summed E-state index contributed by atoms with van der Waals surface area (Å²) in [4.78, 5) is 36.5. The second-order valence-electron chi connectivity index (χ2n) is 6.07. The zero-order chi connectivity index (χ0) is 18.0. The highest BCUT2D eigenvalue weighted by molar-refractivity contribution is 6.00. The van der Waals surface area contributed by atoms with Crippen LogP contribution in [0.25, 0.3) is 0 Å². The number of carbonyl (C=O) groups is 3. The van der Waals surface area contributed by atoms with Gasteiger partial charge in [0.2, 0.25) is 11.8 Å². The zero-order valence-electron chi connectivity index (χ0n) is 13.3. The van der Waals surface area contributed by atoms with Crippen molar-refractivity contribution in [3.8, 4) is 0 Å². The summed E-state index contributed by atoms with van der Waals surface area (Å²) in [5.74, 6) is -4.99. The van der Waals surface area contributed by atoms with Crippen molar-refractivity contribution < 1.29 is 28.3 Å². The maximum Gasteiger partial charge on any atom is 0.326 e. The average Bonchev–Trinajstić information content (AvgIpc) is 2.85. The maximum atomic E-state index is 13.8. The first-order valence-corrected chi connectivity index (χ1v) is 7.49. The third-order valence-corrected chi connectivity index (χ3v) is 3.93. The standard InChI is InChI=1S/C16H18F2N2O4/c1-8(2)14(16(23)24)19-15(22)9-5-13(21)20(7-9)12-4-3-10(17)6-11(12)18/h3-4,6,8-9,14H,5,7H2,1-2H3,(H,19,22)(H,23,24)/t9?,14-/m1/s1. The number of benzene rings is 1. The van der Waals surface area contributed by atoms with Gasteiger partial charge in [0.15, 0.2) is 0 Å². The summed E-state index contributed by atoms with van der Waals surface area (Å²) in [5, 5.41) is 11.5. The van der Waals surface area contributed by atoms with Crippen LogP contribution < -0.4 is 10.2 Å². The lowest BCUT2D eigenvalue weighted by Crippen LogP contribution is -2.47. The minimum Gasteiger partial charge on any atom is -0.480 e. The van der Waals surface area contributed by atoms with Gasteiger partial charge in [-0.3, -0.25) is 9.59 Å². The van der Waals surface area contributed by atoms with Gasteiger partial charge in [0.25, 0.3) is 0 Å². The van der Waals surface area contributed by atoms with E-state index in [2.05, 4.69) is 5.32 Å².